The molecular weight excluding hydrogens is 226 g/mol. The second-order valence-electron chi connectivity index (χ2n) is 5.12. The van der Waals surface area contributed by atoms with E-state index < -0.39 is 0 Å². The summed E-state index contributed by atoms with van der Waals surface area (Å²) in [5.41, 5.74) is 0. The molecule has 0 aromatic carbocycles. The Balaban J connectivity index is 0.000000351. The molecule has 108 valence electrons. The number of aliphatic hydroxyl groups excluding tert-OH is 1. The molecule has 1 rings (SSSR count). The van der Waals surface area contributed by atoms with Crippen LogP contribution < -0.4 is 0 Å². The number of hydrogen-bond donors (Lipinski definition) is 1. The van der Waals surface area contributed by atoms with Crippen LogP contribution in [0.15, 0.2) is 0 Å². The summed E-state index contributed by atoms with van der Waals surface area (Å²) in [7, 11) is 1.84. The number of nitrogens with zero attached hydrogens (tertiary/aromatic N) is 1. The zero-order chi connectivity index (χ0) is 13.6. The van der Waals surface area contributed by atoms with Crippen LogP contribution >= 0.6 is 0 Å². The van der Waals surface area contributed by atoms with Crippen molar-refractivity contribution in [3.05, 3.63) is 0 Å². The van der Waals surface area contributed by atoms with E-state index in [2.05, 4.69) is 6.92 Å². The van der Waals surface area contributed by atoms with Gasteiger partial charge in [0.05, 0.1) is 0 Å². The van der Waals surface area contributed by atoms with Gasteiger partial charge in [0, 0.05) is 26.6 Å². The smallest absolute Gasteiger partial charge is 0.222 e. The van der Waals surface area contributed by atoms with Crippen LogP contribution in [0.4, 0.5) is 0 Å². The zero-order valence-corrected chi connectivity index (χ0v) is 12.3. The number of rotatable bonds is 8. The van der Waals surface area contributed by atoms with E-state index in [1.807, 2.05) is 7.05 Å². The molecule has 0 radical (unpaired) electrons. The number of amides is 1. The van der Waals surface area contributed by atoms with Gasteiger partial charge in [0.15, 0.2) is 0 Å². The highest BCUT2D eigenvalue weighted by molar-refractivity contribution is 5.77. The van der Waals surface area contributed by atoms with Crippen LogP contribution in [0.5, 0.6) is 0 Å². The first-order valence-corrected chi connectivity index (χ1v) is 7.57. The van der Waals surface area contributed by atoms with Gasteiger partial charge in [-0.3, -0.25) is 4.79 Å². The molecule has 1 fully saturated rings. The fourth-order valence-corrected chi connectivity index (χ4v) is 2.03. The van der Waals surface area contributed by atoms with E-state index >= 15 is 0 Å². The largest absolute Gasteiger partial charge is 0.396 e. The first-order chi connectivity index (χ1) is 8.72. The lowest BCUT2D eigenvalue weighted by atomic mass is 10.1. The van der Waals surface area contributed by atoms with Gasteiger partial charge in [-0.25, -0.2) is 0 Å². The first kappa shape index (κ1) is 17.4. The highest BCUT2D eigenvalue weighted by atomic mass is 16.2. The molecular formula is C15H31NO2. The third-order valence-electron chi connectivity index (χ3n) is 3.32. The van der Waals surface area contributed by atoms with Crippen LogP contribution in [0, 0.1) is 0 Å². The summed E-state index contributed by atoms with van der Waals surface area (Å²) in [6, 6.07) is 0. The SMILES string of the molecule is CCCCCCCCCCO.CN1CCCC1=O. The van der Waals surface area contributed by atoms with E-state index in [-0.39, 0.29) is 0 Å². The maximum absolute atomic E-state index is 10.5. The molecule has 0 bridgehead atoms. The molecule has 1 aliphatic rings. The summed E-state index contributed by atoms with van der Waals surface area (Å²) in [6.45, 7) is 3.57. The predicted octanol–water partition coefficient (Wildman–Crippen LogP) is 3.36. The number of carbonyl (C=O) groups is 1. The van der Waals surface area contributed by atoms with E-state index in [9.17, 15) is 4.79 Å². The second-order valence-corrected chi connectivity index (χ2v) is 5.12. The summed E-state index contributed by atoms with van der Waals surface area (Å²) in [5, 5.41) is 8.51. The summed E-state index contributed by atoms with van der Waals surface area (Å²) >= 11 is 0. The van der Waals surface area contributed by atoms with Crippen LogP contribution in [0.1, 0.15) is 71.1 Å². The molecule has 0 spiro atoms. The standard InChI is InChI=1S/C10H22O.C5H9NO/c1-2-3-4-5-6-7-8-9-10-11;1-6-4-2-3-5(6)7/h11H,2-10H2,1H3;2-4H2,1H3. The first-order valence-electron chi connectivity index (χ1n) is 7.57. The van der Waals surface area contributed by atoms with Crippen LogP contribution in [-0.2, 0) is 4.79 Å². The highest BCUT2D eigenvalue weighted by Gasteiger charge is 2.14. The number of likely N-dealkylation sites (tertiary alicyclic amines) is 1. The predicted molar refractivity (Wildman–Crippen MR) is 76.6 cm³/mol. The fourth-order valence-electron chi connectivity index (χ4n) is 2.03. The molecule has 18 heavy (non-hydrogen) atoms. The fraction of sp³-hybridized carbons (Fsp3) is 0.933. The Bertz CT molecular complexity index is 187. The van der Waals surface area contributed by atoms with Gasteiger partial charge in [-0.05, 0) is 12.8 Å². The van der Waals surface area contributed by atoms with E-state index in [1.165, 1.54) is 44.9 Å². The lowest BCUT2D eigenvalue weighted by Gasteiger charge is -2.03. The monoisotopic (exact) mass is 257 g/mol. The summed E-state index contributed by atoms with van der Waals surface area (Å²) in [6.07, 6.45) is 12.2. The number of unbranched alkanes of at least 4 members (excludes halogenated alkanes) is 7. The summed E-state index contributed by atoms with van der Waals surface area (Å²) < 4.78 is 0. The molecule has 0 aromatic rings. The molecule has 1 amide bonds. The third kappa shape index (κ3) is 10.6. The third-order valence-corrected chi connectivity index (χ3v) is 3.32. The van der Waals surface area contributed by atoms with Gasteiger partial charge >= 0.3 is 0 Å². The lowest BCUT2D eigenvalue weighted by molar-refractivity contribution is -0.126. The Hall–Kier alpha value is -0.570. The van der Waals surface area contributed by atoms with Gasteiger partial charge in [-0.2, -0.15) is 0 Å². The van der Waals surface area contributed by atoms with Gasteiger partial charge in [-0.15, -0.1) is 0 Å². The molecule has 3 heteroatoms. The minimum atomic E-state index is 0.292. The van der Waals surface area contributed by atoms with Crippen molar-refractivity contribution in [3.63, 3.8) is 0 Å². The molecule has 1 saturated heterocycles. The van der Waals surface area contributed by atoms with Crippen molar-refractivity contribution >= 4 is 5.91 Å². The Morgan fingerprint density at radius 1 is 1.06 bits per heavy atom. The summed E-state index contributed by atoms with van der Waals surface area (Å²) in [4.78, 5) is 12.3. The molecule has 0 atom stereocenters. The number of aliphatic hydroxyl groups is 1. The van der Waals surface area contributed by atoms with Gasteiger partial charge in [0.2, 0.25) is 5.91 Å². The van der Waals surface area contributed by atoms with Gasteiger partial charge in [0.25, 0.3) is 0 Å². The minimum absolute atomic E-state index is 0.292. The Morgan fingerprint density at radius 3 is 1.94 bits per heavy atom. The van der Waals surface area contributed by atoms with E-state index in [0.717, 1.165) is 25.8 Å². The molecule has 0 aromatic heterocycles. The zero-order valence-electron chi connectivity index (χ0n) is 12.3. The van der Waals surface area contributed by atoms with Crippen LogP contribution in [0.2, 0.25) is 0 Å². The minimum Gasteiger partial charge on any atom is -0.396 e. The topological polar surface area (TPSA) is 40.5 Å². The average molecular weight is 257 g/mol. The molecule has 3 nitrogen and oxygen atoms in total. The van der Waals surface area contributed by atoms with Gasteiger partial charge < -0.3 is 10.0 Å². The maximum Gasteiger partial charge on any atom is 0.222 e. The quantitative estimate of drug-likeness (QED) is 0.677. The number of hydrogen-bond acceptors (Lipinski definition) is 2. The van der Waals surface area contributed by atoms with Crippen molar-refractivity contribution in [2.24, 2.45) is 0 Å². The van der Waals surface area contributed by atoms with Crippen molar-refractivity contribution in [2.75, 3.05) is 20.2 Å². The lowest BCUT2D eigenvalue weighted by Crippen LogP contribution is -2.17. The van der Waals surface area contributed by atoms with Crippen LogP contribution in [-0.4, -0.2) is 36.1 Å². The molecule has 0 unspecified atom stereocenters. The van der Waals surface area contributed by atoms with Gasteiger partial charge in [0.1, 0.15) is 0 Å². The van der Waals surface area contributed by atoms with Crippen molar-refractivity contribution in [2.45, 2.75) is 71.1 Å². The Morgan fingerprint density at radius 2 is 1.61 bits per heavy atom. The van der Waals surface area contributed by atoms with Crippen molar-refractivity contribution in [3.8, 4) is 0 Å². The average Bonchev–Trinajstić information content (AvgIpc) is 2.74. The molecule has 1 aliphatic heterocycles. The van der Waals surface area contributed by atoms with Crippen LogP contribution in [0.3, 0.4) is 0 Å². The Kier molecular flexibility index (Phi) is 12.5. The van der Waals surface area contributed by atoms with Crippen molar-refractivity contribution in [1.82, 2.24) is 4.90 Å². The second kappa shape index (κ2) is 12.9. The van der Waals surface area contributed by atoms with E-state index in [1.54, 1.807) is 4.90 Å². The normalized spacial score (nSPS) is 14.6. The Labute approximate surface area is 113 Å². The molecule has 1 N–H and O–H groups in total. The molecule has 0 aliphatic carbocycles. The van der Waals surface area contributed by atoms with Gasteiger partial charge in [-0.1, -0.05) is 51.9 Å². The van der Waals surface area contributed by atoms with Crippen molar-refractivity contribution < 1.29 is 9.90 Å². The highest BCUT2D eigenvalue weighted by Crippen LogP contribution is 2.07. The van der Waals surface area contributed by atoms with Crippen LogP contribution in [0.25, 0.3) is 0 Å². The molecule has 0 saturated carbocycles. The van der Waals surface area contributed by atoms with E-state index in [4.69, 9.17) is 5.11 Å². The van der Waals surface area contributed by atoms with Crippen molar-refractivity contribution in [1.29, 1.82) is 0 Å². The maximum atomic E-state index is 10.5. The summed E-state index contributed by atoms with van der Waals surface area (Å²) in [5.74, 6) is 0.292. The molecule has 1 heterocycles. The van der Waals surface area contributed by atoms with E-state index in [0.29, 0.717) is 12.5 Å². The number of carbonyl (C=O) groups excluding carboxylic acids is 1.